The molecule has 24 heavy (non-hydrogen) atoms. The largest absolute Gasteiger partial charge is 0.373 e. The number of hydrogen-bond donors (Lipinski definition) is 1. The van der Waals surface area contributed by atoms with Gasteiger partial charge in [-0.3, -0.25) is 4.79 Å². The number of fused-ring (bicyclic) bond motifs is 2. The van der Waals surface area contributed by atoms with E-state index < -0.39 is 6.23 Å². The van der Waals surface area contributed by atoms with Crippen LogP contribution in [-0.2, 0) is 13.0 Å². The fraction of sp³-hybridized carbons (Fsp3) is 0.190. The zero-order valence-corrected chi connectivity index (χ0v) is 13.4. The van der Waals surface area contributed by atoms with Crippen LogP contribution in [0.3, 0.4) is 0 Å². The fourth-order valence-electron chi connectivity index (χ4n) is 3.36. The molecule has 1 N–H and O–H groups in total. The van der Waals surface area contributed by atoms with Crippen LogP contribution in [0.2, 0.25) is 0 Å². The van der Waals surface area contributed by atoms with Gasteiger partial charge in [-0.1, -0.05) is 60.7 Å². The van der Waals surface area contributed by atoms with Crippen LogP contribution in [0.1, 0.15) is 27.9 Å². The molecule has 0 aromatic heterocycles. The number of hydrogen-bond acceptors (Lipinski definition) is 2. The lowest BCUT2D eigenvalue weighted by Crippen LogP contribution is -2.35. The molecule has 1 aliphatic rings. The Labute approximate surface area is 141 Å². The summed E-state index contributed by atoms with van der Waals surface area (Å²) in [5.41, 5.74) is 2.88. The van der Waals surface area contributed by atoms with E-state index in [1.165, 1.54) is 16.3 Å². The molecule has 3 aromatic rings. The molecule has 120 valence electrons. The highest BCUT2D eigenvalue weighted by molar-refractivity contribution is 5.98. The van der Waals surface area contributed by atoms with Crippen LogP contribution in [0, 0.1) is 0 Å². The third-order valence-electron chi connectivity index (χ3n) is 4.71. The summed E-state index contributed by atoms with van der Waals surface area (Å²) in [4.78, 5) is 14.0. The second-order valence-corrected chi connectivity index (χ2v) is 6.29. The topological polar surface area (TPSA) is 40.5 Å². The van der Waals surface area contributed by atoms with Gasteiger partial charge in [-0.05, 0) is 40.8 Å². The minimum absolute atomic E-state index is 0.0726. The van der Waals surface area contributed by atoms with E-state index in [0.717, 1.165) is 12.0 Å². The zero-order valence-electron chi connectivity index (χ0n) is 13.4. The average molecular weight is 317 g/mol. The molecule has 0 spiro atoms. The SMILES string of the molecule is O=C1c2ccccc2CN1C(O)CCc1ccc2ccccc2c1. The van der Waals surface area contributed by atoms with E-state index in [2.05, 4.69) is 30.3 Å². The van der Waals surface area contributed by atoms with Crippen molar-refractivity contribution in [2.45, 2.75) is 25.6 Å². The number of nitrogens with zero attached hydrogens (tertiary/aromatic N) is 1. The molecule has 0 bridgehead atoms. The molecule has 3 aromatic carbocycles. The van der Waals surface area contributed by atoms with Crippen molar-refractivity contribution < 1.29 is 9.90 Å². The molecule has 1 unspecified atom stereocenters. The van der Waals surface area contributed by atoms with Gasteiger partial charge in [0.15, 0.2) is 0 Å². The van der Waals surface area contributed by atoms with E-state index in [9.17, 15) is 9.90 Å². The molecule has 3 nitrogen and oxygen atoms in total. The van der Waals surface area contributed by atoms with E-state index in [1.54, 1.807) is 4.90 Å². The van der Waals surface area contributed by atoms with E-state index in [1.807, 2.05) is 36.4 Å². The molecule has 1 aliphatic heterocycles. The van der Waals surface area contributed by atoms with E-state index in [-0.39, 0.29) is 5.91 Å². The number of rotatable bonds is 4. The van der Waals surface area contributed by atoms with Gasteiger partial charge in [0.1, 0.15) is 6.23 Å². The van der Waals surface area contributed by atoms with Gasteiger partial charge in [-0.15, -0.1) is 0 Å². The van der Waals surface area contributed by atoms with Gasteiger partial charge in [-0.25, -0.2) is 0 Å². The number of aryl methyl sites for hydroxylation is 1. The fourth-order valence-corrected chi connectivity index (χ4v) is 3.36. The summed E-state index contributed by atoms with van der Waals surface area (Å²) >= 11 is 0. The Morgan fingerprint density at radius 3 is 2.54 bits per heavy atom. The summed E-state index contributed by atoms with van der Waals surface area (Å²) < 4.78 is 0. The highest BCUT2D eigenvalue weighted by atomic mass is 16.3. The predicted octanol–water partition coefficient (Wildman–Crippen LogP) is 3.75. The highest BCUT2D eigenvalue weighted by Crippen LogP contribution is 2.25. The number of benzene rings is 3. The zero-order chi connectivity index (χ0) is 16.5. The maximum Gasteiger partial charge on any atom is 0.256 e. The summed E-state index contributed by atoms with van der Waals surface area (Å²) in [7, 11) is 0. The maximum absolute atomic E-state index is 12.4. The lowest BCUT2D eigenvalue weighted by Gasteiger charge is -2.23. The van der Waals surface area contributed by atoms with Crippen molar-refractivity contribution in [3.05, 3.63) is 83.4 Å². The summed E-state index contributed by atoms with van der Waals surface area (Å²) in [6.45, 7) is 0.494. The Balaban J connectivity index is 1.45. The van der Waals surface area contributed by atoms with Gasteiger partial charge >= 0.3 is 0 Å². The second kappa shape index (κ2) is 6.10. The molecule has 1 heterocycles. The van der Waals surface area contributed by atoms with E-state index >= 15 is 0 Å². The first kappa shape index (κ1) is 14.9. The van der Waals surface area contributed by atoms with E-state index in [0.29, 0.717) is 18.5 Å². The van der Waals surface area contributed by atoms with Crippen LogP contribution in [0.25, 0.3) is 10.8 Å². The quantitative estimate of drug-likeness (QED) is 0.796. The van der Waals surface area contributed by atoms with Gasteiger partial charge in [0, 0.05) is 12.1 Å². The van der Waals surface area contributed by atoms with Gasteiger partial charge in [0.25, 0.3) is 5.91 Å². The van der Waals surface area contributed by atoms with E-state index in [4.69, 9.17) is 0 Å². The molecule has 1 atom stereocenters. The van der Waals surface area contributed by atoms with Crippen molar-refractivity contribution in [3.63, 3.8) is 0 Å². The first-order valence-electron chi connectivity index (χ1n) is 8.27. The third kappa shape index (κ3) is 2.68. The average Bonchev–Trinajstić information content (AvgIpc) is 2.97. The maximum atomic E-state index is 12.4. The number of carbonyl (C=O) groups excluding carboxylic acids is 1. The van der Waals surface area contributed by atoms with Crippen LogP contribution < -0.4 is 0 Å². The van der Waals surface area contributed by atoms with Crippen LogP contribution in [-0.4, -0.2) is 22.1 Å². The molecule has 0 radical (unpaired) electrons. The van der Waals surface area contributed by atoms with Crippen LogP contribution >= 0.6 is 0 Å². The lowest BCUT2D eigenvalue weighted by atomic mass is 10.0. The third-order valence-corrected chi connectivity index (χ3v) is 4.71. The lowest BCUT2D eigenvalue weighted by molar-refractivity contribution is 0.00490. The van der Waals surface area contributed by atoms with Crippen molar-refractivity contribution >= 4 is 16.7 Å². The summed E-state index contributed by atoms with van der Waals surface area (Å²) in [5.74, 6) is -0.0726. The Hall–Kier alpha value is -2.65. The highest BCUT2D eigenvalue weighted by Gasteiger charge is 2.31. The second-order valence-electron chi connectivity index (χ2n) is 6.29. The smallest absolute Gasteiger partial charge is 0.256 e. The Kier molecular flexibility index (Phi) is 3.79. The first-order chi connectivity index (χ1) is 11.7. The first-order valence-corrected chi connectivity index (χ1v) is 8.27. The molecular formula is C21H19NO2. The molecule has 4 rings (SSSR count). The Morgan fingerprint density at radius 1 is 0.958 bits per heavy atom. The van der Waals surface area contributed by atoms with Crippen molar-refractivity contribution in [1.29, 1.82) is 0 Å². The molecule has 0 saturated carbocycles. The van der Waals surface area contributed by atoms with Crippen LogP contribution in [0.15, 0.2) is 66.7 Å². The minimum atomic E-state index is -0.753. The van der Waals surface area contributed by atoms with Gasteiger partial charge in [-0.2, -0.15) is 0 Å². The van der Waals surface area contributed by atoms with Crippen molar-refractivity contribution in [2.24, 2.45) is 0 Å². The molecule has 0 fully saturated rings. The monoisotopic (exact) mass is 317 g/mol. The number of aliphatic hydroxyl groups is 1. The van der Waals surface area contributed by atoms with Crippen molar-refractivity contribution in [3.8, 4) is 0 Å². The number of amides is 1. The number of aliphatic hydroxyl groups excluding tert-OH is 1. The van der Waals surface area contributed by atoms with Crippen molar-refractivity contribution in [2.75, 3.05) is 0 Å². The number of carbonyl (C=O) groups is 1. The summed E-state index contributed by atoms with van der Waals surface area (Å²) in [6.07, 6.45) is 0.529. The van der Waals surface area contributed by atoms with Crippen LogP contribution in [0.4, 0.5) is 0 Å². The summed E-state index contributed by atoms with van der Waals surface area (Å²) in [6, 6.07) is 22.2. The Bertz CT molecular complexity index is 903. The predicted molar refractivity (Wildman–Crippen MR) is 94.6 cm³/mol. The standard InChI is InChI=1S/C21H19NO2/c23-20(22-14-18-7-3-4-8-19(18)21(22)24)12-10-15-9-11-16-5-1-2-6-17(16)13-15/h1-9,11,13,20,23H,10,12,14H2. The van der Waals surface area contributed by atoms with Crippen LogP contribution in [0.5, 0.6) is 0 Å². The Morgan fingerprint density at radius 2 is 1.71 bits per heavy atom. The molecular weight excluding hydrogens is 298 g/mol. The van der Waals surface area contributed by atoms with Gasteiger partial charge in [0.05, 0.1) is 0 Å². The molecule has 0 saturated heterocycles. The van der Waals surface area contributed by atoms with Gasteiger partial charge < -0.3 is 10.0 Å². The molecule has 1 amide bonds. The van der Waals surface area contributed by atoms with Crippen molar-refractivity contribution in [1.82, 2.24) is 4.90 Å². The van der Waals surface area contributed by atoms with Gasteiger partial charge in [0.2, 0.25) is 0 Å². The molecule has 0 aliphatic carbocycles. The molecule has 3 heteroatoms. The summed E-state index contributed by atoms with van der Waals surface area (Å²) in [5, 5.41) is 12.9. The normalized spacial score (nSPS) is 14.9. The minimum Gasteiger partial charge on any atom is -0.373 e.